The molecule has 0 aliphatic rings. The molecule has 1 aromatic heterocycles. The molecule has 1 heterocycles. The molecule has 0 radical (unpaired) electrons. The number of sulfone groups is 1. The van der Waals surface area contributed by atoms with E-state index in [1.165, 1.54) is 41.0 Å². The molecule has 8 heteroatoms. The second-order valence-electron chi connectivity index (χ2n) is 7.12. The first-order valence-electron chi connectivity index (χ1n) is 9.28. The van der Waals surface area contributed by atoms with E-state index in [1.54, 1.807) is 37.3 Å². The molecule has 0 atom stereocenters. The maximum Gasteiger partial charge on any atom is 0.341 e. The van der Waals surface area contributed by atoms with Gasteiger partial charge >= 0.3 is 5.97 Å². The van der Waals surface area contributed by atoms with Crippen molar-refractivity contribution in [3.8, 4) is 17.3 Å². The smallest absolute Gasteiger partial charge is 0.341 e. The summed E-state index contributed by atoms with van der Waals surface area (Å²) in [6, 6.07) is 17.0. The fourth-order valence-electron chi connectivity index (χ4n) is 3.40. The molecule has 31 heavy (non-hydrogen) atoms. The summed E-state index contributed by atoms with van der Waals surface area (Å²) in [5.41, 5.74) is 1.37. The van der Waals surface area contributed by atoms with Crippen LogP contribution in [0.15, 0.2) is 71.6 Å². The van der Waals surface area contributed by atoms with Crippen LogP contribution < -0.4 is 4.74 Å². The number of hydrogen-bond donors (Lipinski definition) is 1. The van der Waals surface area contributed by atoms with Crippen molar-refractivity contribution in [1.82, 2.24) is 4.57 Å². The molecule has 0 unspecified atom stereocenters. The third-order valence-electron chi connectivity index (χ3n) is 4.91. The van der Waals surface area contributed by atoms with Gasteiger partial charge in [0, 0.05) is 23.4 Å². The van der Waals surface area contributed by atoms with Gasteiger partial charge < -0.3 is 9.84 Å². The van der Waals surface area contributed by atoms with Gasteiger partial charge in [-0.2, -0.15) is 0 Å². The highest BCUT2D eigenvalue weighted by Gasteiger charge is 2.27. The van der Waals surface area contributed by atoms with Crippen LogP contribution >= 0.6 is 0 Å². The molecule has 4 rings (SSSR count). The number of fused-ring (bicyclic) bond motifs is 1. The molecule has 158 valence electrons. The Hall–Kier alpha value is -3.65. The minimum absolute atomic E-state index is 0.0418. The number of aryl methyl sites for hydroxylation is 1. The van der Waals surface area contributed by atoms with Gasteiger partial charge in [0.05, 0.1) is 10.4 Å². The van der Waals surface area contributed by atoms with Gasteiger partial charge in [0.25, 0.3) is 0 Å². The lowest BCUT2D eigenvalue weighted by atomic mass is 10.1. The number of carboxylic acids is 1. The van der Waals surface area contributed by atoms with Gasteiger partial charge in [-0.15, -0.1) is 0 Å². The summed E-state index contributed by atoms with van der Waals surface area (Å²) in [7, 11) is -3.54. The number of rotatable bonds is 5. The van der Waals surface area contributed by atoms with Crippen LogP contribution in [0.5, 0.6) is 11.6 Å². The van der Waals surface area contributed by atoms with Gasteiger partial charge in [0.15, 0.2) is 9.84 Å². The Bertz CT molecular complexity index is 1430. The lowest BCUT2D eigenvalue weighted by Crippen LogP contribution is -2.03. The van der Waals surface area contributed by atoms with Crippen LogP contribution in [-0.4, -0.2) is 30.3 Å². The Morgan fingerprint density at radius 2 is 1.74 bits per heavy atom. The standard InChI is InChI=1S/C23H18FNO5S/c1-14-8-9-15(24)12-20(14)30-22-21(23(26)27)18-11-10-17(31(2,28)29)13-19(18)25(22)16-6-4-3-5-7-16/h3-13H,1-2H3,(H,26,27). The first kappa shape index (κ1) is 20.6. The second kappa shape index (κ2) is 7.55. The van der Waals surface area contributed by atoms with Gasteiger partial charge in [0.1, 0.15) is 17.1 Å². The summed E-state index contributed by atoms with van der Waals surface area (Å²) in [5.74, 6) is -1.67. The van der Waals surface area contributed by atoms with Crippen molar-refractivity contribution >= 4 is 26.7 Å². The van der Waals surface area contributed by atoms with E-state index in [9.17, 15) is 22.7 Å². The highest BCUT2D eigenvalue weighted by molar-refractivity contribution is 7.90. The van der Waals surface area contributed by atoms with E-state index in [1.807, 2.05) is 0 Å². The Balaban J connectivity index is 2.11. The third kappa shape index (κ3) is 3.77. The Labute approximate surface area is 178 Å². The molecule has 0 bridgehead atoms. The molecule has 1 N–H and O–H groups in total. The summed E-state index contributed by atoms with van der Waals surface area (Å²) < 4.78 is 45.6. The average molecular weight is 439 g/mol. The third-order valence-corrected chi connectivity index (χ3v) is 6.02. The van der Waals surface area contributed by atoms with Crippen LogP contribution in [0.1, 0.15) is 15.9 Å². The number of aromatic nitrogens is 1. The summed E-state index contributed by atoms with van der Waals surface area (Å²) in [5, 5.41) is 10.3. The van der Waals surface area contributed by atoms with Crippen molar-refractivity contribution in [2.45, 2.75) is 11.8 Å². The number of carboxylic acid groups (broad SMARTS) is 1. The molecule has 0 fully saturated rings. The van der Waals surface area contributed by atoms with E-state index in [0.717, 1.165) is 6.26 Å². The van der Waals surface area contributed by atoms with E-state index in [-0.39, 0.29) is 22.1 Å². The van der Waals surface area contributed by atoms with Gasteiger partial charge in [0.2, 0.25) is 5.88 Å². The lowest BCUT2D eigenvalue weighted by molar-refractivity contribution is 0.0696. The molecule has 4 aromatic rings. The zero-order chi connectivity index (χ0) is 22.3. The highest BCUT2D eigenvalue weighted by atomic mass is 32.2. The zero-order valence-corrected chi connectivity index (χ0v) is 17.5. The van der Waals surface area contributed by atoms with Gasteiger partial charge in [-0.3, -0.25) is 4.57 Å². The van der Waals surface area contributed by atoms with Gasteiger partial charge in [-0.1, -0.05) is 30.3 Å². The Kier molecular flexibility index (Phi) is 5.02. The average Bonchev–Trinajstić information content (AvgIpc) is 3.04. The van der Waals surface area contributed by atoms with E-state index >= 15 is 0 Å². The predicted octanol–water partition coefficient (Wildman–Crippen LogP) is 4.97. The SMILES string of the molecule is Cc1ccc(F)cc1Oc1c(C(=O)O)c2ccc(S(C)(=O)=O)cc2n1-c1ccccc1. The van der Waals surface area contributed by atoms with E-state index in [2.05, 4.69) is 0 Å². The largest absolute Gasteiger partial charge is 0.477 e. The van der Waals surface area contributed by atoms with E-state index < -0.39 is 21.6 Å². The number of aromatic carboxylic acids is 1. The molecule has 0 saturated carbocycles. The van der Waals surface area contributed by atoms with Crippen LogP contribution in [0.25, 0.3) is 16.6 Å². The fraction of sp³-hybridized carbons (Fsp3) is 0.0870. The number of halogens is 1. The number of ether oxygens (including phenoxy) is 1. The maximum absolute atomic E-state index is 13.9. The van der Waals surface area contributed by atoms with Crippen LogP contribution in [0.2, 0.25) is 0 Å². The van der Waals surface area contributed by atoms with E-state index in [4.69, 9.17) is 4.74 Å². The van der Waals surface area contributed by atoms with Crippen LogP contribution in [0.3, 0.4) is 0 Å². The van der Waals surface area contributed by atoms with Crippen LogP contribution in [0, 0.1) is 12.7 Å². The van der Waals surface area contributed by atoms with Gasteiger partial charge in [-0.05, 0) is 42.8 Å². The van der Waals surface area contributed by atoms with Crippen LogP contribution in [-0.2, 0) is 9.84 Å². The first-order chi connectivity index (χ1) is 14.7. The number of nitrogens with zero attached hydrogens (tertiary/aromatic N) is 1. The van der Waals surface area contributed by atoms with Gasteiger partial charge in [-0.25, -0.2) is 17.6 Å². The monoisotopic (exact) mass is 439 g/mol. The second-order valence-corrected chi connectivity index (χ2v) is 9.14. The molecule has 0 amide bonds. The summed E-state index contributed by atoms with van der Waals surface area (Å²) in [4.78, 5) is 12.3. The summed E-state index contributed by atoms with van der Waals surface area (Å²) >= 11 is 0. The first-order valence-corrected chi connectivity index (χ1v) is 11.2. The van der Waals surface area contributed by atoms with Crippen molar-refractivity contribution < 1.29 is 27.4 Å². The molecular formula is C23H18FNO5S. The highest BCUT2D eigenvalue weighted by Crippen LogP contribution is 2.39. The van der Waals surface area contributed by atoms with Crippen molar-refractivity contribution in [1.29, 1.82) is 0 Å². The molecule has 6 nitrogen and oxygen atoms in total. The molecule has 0 aliphatic heterocycles. The van der Waals surface area contributed by atoms with Crippen molar-refractivity contribution in [3.05, 3.63) is 83.7 Å². The molecule has 0 aliphatic carbocycles. The molecule has 0 spiro atoms. The number of carbonyl (C=O) groups is 1. The Morgan fingerprint density at radius 3 is 2.39 bits per heavy atom. The van der Waals surface area contributed by atoms with Crippen LogP contribution in [0.4, 0.5) is 4.39 Å². The quantitative estimate of drug-likeness (QED) is 0.474. The molecule has 3 aromatic carbocycles. The summed E-state index contributed by atoms with van der Waals surface area (Å²) in [6.07, 6.45) is 1.08. The summed E-state index contributed by atoms with van der Waals surface area (Å²) in [6.45, 7) is 1.71. The number of para-hydroxylation sites is 1. The molecule has 0 saturated heterocycles. The van der Waals surface area contributed by atoms with Crippen molar-refractivity contribution in [2.75, 3.05) is 6.26 Å². The van der Waals surface area contributed by atoms with Crippen molar-refractivity contribution in [2.24, 2.45) is 0 Å². The maximum atomic E-state index is 13.9. The minimum atomic E-state index is -3.54. The minimum Gasteiger partial charge on any atom is -0.477 e. The topological polar surface area (TPSA) is 85.6 Å². The zero-order valence-electron chi connectivity index (χ0n) is 16.7. The number of benzene rings is 3. The normalized spacial score (nSPS) is 11.6. The molecular weight excluding hydrogens is 421 g/mol. The van der Waals surface area contributed by atoms with E-state index in [0.29, 0.717) is 22.2 Å². The van der Waals surface area contributed by atoms with Crippen molar-refractivity contribution in [3.63, 3.8) is 0 Å². The predicted molar refractivity (Wildman–Crippen MR) is 115 cm³/mol. The fourth-order valence-corrected chi connectivity index (χ4v) is 4.04. The number of hydrogen-bond acceptors (Lipinski definition) is 4. The Morgan fingerprint density at radius 1 is 1.03 bits per heavy atom. The lowest BCUT2D eigenvalue weighted by Gasteiger charge is -2.14.